The summed E-state index contributed by atoms with van der Waals surface area (Å²) in [5.41, 5.74) is 5.69. The number of aryl methyl sites for hydroxylation is 1. The van der Waals surface area contributed by atoms with Crippen LogP contribution in [0.3, 0.4) is 0 Å². The molecule has 1 aliphatic heterocycles. The Morgan fingerprint density at radius 1 is 0.773 bits per heavy atom. The van der Waals surface area contributed by atoms with Crippen LogP contribution in [0.15, 0.2) is 122 Å². The molecule has 1 amide bonds. The van der Waals surface area contributed by atoms with Gasteiger partial charge in [0.05, 0.1) is 0 Å². The van der Waals surface area contributed by atoms with Crippen LogP contribution < -0.4 is 19.7 Å². The second kappa shape index (κ2) is 12.3. The molecule has 2 fully saturated rings. The van der Waals surface area contributed by atoms with Crippen molar-refractivity contribution in [2.24, 2.45) is 23.7 Å². The molecule has 6 nitrogen and oxygen atoms in total. The molecule has 4 aromatic carbocycles. The summed E-state index contributed by atoms with van der Waals surface area (Å²) in [5, 5.41) is 3.10. The maximum Gasteiger partial charge on any atom is 0.235 e. The van der Waals surface area contributed by atoms with Gasteiger partial charge in [0.2, 0.25) is 5.91 Å². The van der Waals surface area contributed by atoms with Gasteiger partial charge in [0.1, 0.15) is 29.3 Å². The van der Waals surface area contributed by atoms with Gasteiger partial charge in [0.15, 0.2) is 0 Å². The Labute approximate surface area is 258 Å². The topological polar surface area (TPSA) is 67.9 Å². The van der Waals surface area contributed by atoms with Crippen molar-refractivity contribution < 1.29 is 19.1 Å². The van der Waals surface area contributed by atoms with Crippen molar-refractivity contribution in [3.63, 3.8) is 0 Å². The molecule has 44 heavy (non-hydrogen) atoms. The van der Waals surface area contributed by atoms with Crippen LogP contribution in [0.2, 0.25) is 0 Å². The van der Waals surface area contributed by atoms with Crippen molar-refractivity contribution in [2.45, 2.75) is 19.8 Å². The summed E-state index contributed by atoms with van der Waals surface area (Å²) >= 11 is 0. The third-order valence-electron chi connectivity index (χ3n) is 8.86. The van der Waals surface area contributed by atoms with E-state index >= 15 is 0 Å². The number of rotatable bonds is 9. The van der Waals surface area contributed by atoms with E-state index in [1.54, 1.807) is 4.90 Å². The highest BCUT2D eigenvalue weighted by Gasteiger charge is 2.50. The number of fused-ring (bicyclic) bond motifs is 1. The van der Waals surface area contributed by atoms with E-state index in [0.717, 1.165) is 46.0 Å². The van der Waals surface area contributed by atoms with E-state index in [0.29, 0.717) is 24.3 Å². The van der Waals surface area contributed by atoms with Crippen molar-refractivity contribution in [1.29, 1.82) is 0 Å². The summed E-state index contributed by atoms with van der Waals surface area (Å²) < 4.78 is 12.1. The number of allylic oxidation sites excluding steroid dienone is 2. The van der Waals surface area contributed by atoms with E-state index in [9.17, 15) is 9.59 Å². The van der Waals surface area contributed by atoms with Crippen LogP contribution in [0.25, 0.3) is 11.1 Å². The highest BCUT2D eigenvalue weighted by Crippen LogP contribution is 2.49. The summed E-state index contributed by atoms with van der Waals surface area (Å²) in [4.78, 5) is 27.0. The molecule has 0 bridgehead atoms. The number of nitrogens with one attached hydrogen (secondary N) is 1. The number of carbonyl (C=O) groups is 2. The number of carbonyl (C=O) groups excluding carboxylic acids is 2. The second-order valence-electron chi connectivity index (χ2n) is 11.6. The maximum atomic E-state index is 13.5. The quantitative estimate of drug-likeness (QED) is 0.201. The van der Waals surface area contributed by atoms with Crippen molar-refractivity contribution in [3.05, 3.63) is 127 Å². The van der Waals surface area contributed by atoms with Gasteiger partial charge >= 0.3 is 0 Å². The molecule has 1 N–H and O–H groups in total. The average molecular weight is 585 g/mol. The first-order valence-corrected chi connectivity index (χ1v) is 14.9. The van der Waals surface area contributed by atoms with Crippen molar-refractivity contribution in [1.82, 2.24) is 5.32 Å². The summed E-state index contributed by atoms with van der Waals surface area (Å²) in [6, 6.07) is 31.4. The first-order valence-electron chi connectivity index (χ1n) is 14.9. The van der Waals surface area contributed by atoms with Crippen LogP contribution in [-0.2, 0) is 9.59 Å². The lowest BCUT2D eigenvalue weighted by Gasteiger charge is -2.35. The zero-order chi connectivity index (χ0) is 30.8. The van der Waals surface area contributed by atoms with E-state index in [-0.39, 0.29) is 29.6 Å². The zero-order valence-electron chi connectivity index (χ0n) is 25.0. The van der Waals surface area contributed by atoms with Gasteiger partial charge in [0, 0.05) is 47.8 Å². The highest BCUT2D eigenvalue weighted by molar-refractivity contribution is 6.01. The zero-order valence-corrected chi connectivity index (χ0v) is 25.0. The minimum absolute atomic E-state index is 0.000582. The molecule has 1 heterocycles. The second-order valence-corrected chi connectivity index (χ2v) is 11.6. The summed E-state index contributed by atoms with van der Waals surface area (Å²) in [7, 11) is 1.82. The number of benzene rings is 4. The fourth-order valence-corrected chi connectivity index (χ4v) is 6.35. The van der Waals surface area contributed by atoms with Crippen LogP contribution in [0.5, 0.6) is 23.0 Å². The Bertz CT molecular complexity index is 1680. The molecule has 6 rings (SSSR count). The fraction of sp³-hybridized carbons (Fsp3) is 0.211. The number of hydrogen-bond acceptors (Lipinski definition) is 5. The lowest BCUT2D eigenvalue weighted by atomic mass is 9.68. The predicted molar refractivity (Wildman–Crippen MR) is 174 cm³/mol. The summed E-state index contributed by atoms with van der Waals surface area (Å²) in [5.74, 6) is 2.47. The average Bonchev–Trinajstić information content (AvgIpc) is 3.30. The minimum atomic E-state index is -0.245. The summed E-state index contributed by atoms with van der Waals surface area (Å²) in [6.45, 7) is 10.4. The Morgan fingerprint density at radius 3 is 1.73 bits per heavy atom. The van der Waals surface area contributed by atoms with Gasteiger partial charge in [-0.2, -0.15) is 0 Å². The van der Waals surface area contributed by atoms with Crippen LogP contribution in [0, 0.1) is 30.6 Å². The summed E-state index contributed by atoms with van der Waals surface area (Å²) in [6.07, 6.45) is 2.16. The normalized spacial score (nSPS) is 21.0. The van der Waals surface area contributed by atoms with Crippen LogP contribution in [0.1, 0.15) is 18.4 Å². The molecule has 1 saturated carbocycles. The Hall–Kier alpha value is -5.10. The van der Waals surface area contributed by atoms with E-state index in [4.69, 9.17) is 9.47 Å². The van der Waals surface area contributed by atoms with Crippen molar-refractivity contribution in [2.75, 3.05) is 11.9 Å². The SMILES string of the molecule is C=C(NC)C1CC2C(=C)N(c3ccc(Oc4ccc(-c5ccc(Oc6ccc(C)cc6)cc5)cc4)cc3)C(=O)C2CC1C=O. The van der Waals surface area contributed by atoms with Gasteiger partial charge in [-0.3, -0.25) is 9.69 Å². The standard InChI is InChI=1S/C38H36N2O4/c1-24-5-13-31(14-6-24)43-32-15-7-27(8-16-32)28-9-17-33(18-10-28)44-34-19-11-30(12-20-34)40-26(3)36-22-35(25(2)39-4)29(23-41)21-37(36)38(40)42/h5-20,23,29,35-37,39H,2-3,21-22H2,1,4H3. The lowest BCUT2D eigenvalue weighted by Crippen LogP contribution is -2.36. The van der Waals surface area contributed by atoms with Crippen LogP contribution in [0.4, 0.5) is 5.69 Å². The van der Waals surface area contributed by atoms with Gasteiger partial charge < -0.3 is 19.6 Å². The number of anilines is 1. The predicted octanol–water partition coefficient (Wildman–Crippen LogP) is 8.30. The molecule has 0 spiro atoms. The van der Waals surface area contributed by atoms with Crippen LogP contribution in [-0.4, -0.2) is 19.2 Å². The molecule has 6 heteroatoms. The van der Waals surface area contributed by atoms with Gasteiger partial charge in [0.25, 0.3) is 0 Å². The molecule has 4 aromatic rings. The third kappa shape index (κ3) is 5.76. The Kier molecular flexibility index (Phi) is 8.07. The molecule has 4 atom stereocenters. The molecule has 2 aliphatic rings. The molecule has 222 valence electrons. The fourth-order valence-electron chi connectivity index (χ4n) is 6.35. The lowest BCUT2D eigenvalue weighted by molar-refractivity contribution is -0.123. The maximum absolute atomic E-state index is 13.5. The Morgan fingerprint density at radius 2 is 1.25 bits per heavy atom. The largest absolute Gasteiger partial charge is 0.457 e. The van der Waals surface area contributed by atoms with E-state index in [1.165, 1.54) is 5.56 Å². The first-order chi connectivity index (χ1) is 21.3. The van der Waals surface area contributed by atoms with Crippen LogP contribution >= 0.6 is 0 Å². The van der Waals surface area contributed by atoms with Crippen molar-refractivity contribution in [3.8, 4) is 34.1 Å². The number of nitrogens with zero attached hydrogens (tertiary/aromatic N) is 1. The molecule has 1 aliphatic carbocycles. The molecule has 1 saturated heterocycles. The number of ether oxygens (including phenoxy) is 2. The monoisotopic (exact) mass is 584 g/mol. The minimum Gasteiger partial charge on any atom is -0.457 e. The molecular formula is C38H36N2O4. The van der Waals surface area contributed by atoms with E-state index in [1.807, 2.05) is 104 Å². The molecule has 4 unspecified atom stereocenters. The molecular weight excluding hydrogens is 548 g/mol. The smallest absolute Gasteiger partial charge is 0.235 e. The van der Waals surface area contributed by atoms with Crippen molar-refractivity contribution >= 4 is 17.9 Å². The highest BCUT2D eigenvalue weighted by atomic mass is 16.5. The van der Waals surface area contributed by atoms with Gasteiger partial charge in [-0.05, 0) is 91.6 Å². The number of amides is 1. The molecule has 0 radical (unpaired) electrons. The Balaban J connectivity index is 1.09. The molecule has 0 aromatic heterocycles. The number of aldehydes is 1. The number of hydrogen-bond donors (Lipinski definition) is 1. The third-order valence-corrected chi connectivity index (χ3v) is 8.86. The van der Waals surface area contributed by atoms with Gasteiger partial charge in [-0.15, -0.1) is 0 Å². The van der Waals surface area contributed by atoms with Gasteiger partial charge in [-0.25, -0.2) is 0 Å². The first kappa shape index (κ1) is 29.0. The van der Waals surface area contributed by atoms with Gasteiger partial charge in [-0.1, -0.05) is 55.1 Å². The van der Waals surface area contributed by atoms with E-state index in [2.05, 4.69) is 25.4 Å². The van der Waals surface area contributed by atoms with E-state index < -0.39 is 0 Å².